The van der Waals surface area contributed by atoms with Gasteiger partial charge in [0.25, 0.3) is 11.7 Å². The average molecular weight is 469 g/mol. The fourth-order valence-corrected chi connectivity index (χ4v) is 4.67. The van der Waals surface area contributed by atoms with E-state index < -0.39 is 6.10 Å². The molecule has 0 N–H and O–H groups in total. The molecule has 0 radical (unpaired) electrons. The lowest BCUT2D eigenvalue weighted by molar-refractivity contribution is -0.145. The SMILES string of the molecule is Cc1cc(C)n2nc(SCC(=O)N3CCN(C(=O)[C@@H]4COc5ccccc5O4)CC3)nc2n1. The Morgan fingerprint density at radius 1 is 1.06 bits per heavy atom. The van der Waals surface area contributed by atoms with Gasteiger partial charge in [0.2, 0.25) is 17.2 Å². The molecule has 4 heterocycles. The Morgan fingerprint density at radius 3 is 2.58 bits per heavy atom. The number of piperazine rings is 1. The van der Waals surface area contributed by atoms with Gasteiger partial charge >= 0.3 is 0 Å². The molecule has 33 heavy (non-hydrogen) atoms. The van der Waals surface area contributed by atoms with Crippen molar-refractivity contribution < 1.29 is 19.1 Å². The van der Waals surface area contributed by atoms with Crippen LogP contribution >= 0.6 is 11.8 Å². The van der Waals surface area contributed by atoms with Gasteiger partial charge in [-0.05, 0) is 32.0 Å². The maximum absolute atomic E-state index is 12.9. The van der Waals surface area contributed by atoms with Gasteiger partial charge in [-0.2, -0.15) is 4.98 Å². The number of carbonyl (C=O) groups is 2. The average Bonchev–Trinajstić information content (AvgIpc) is 3.25. The summed E-state index contributed by atoms with van der Waals surface area (Å²) < 4.78 is 13.2. The van der Waals surface area contributed by atoms with Gasteiger partial charge in [-0.25, -0.2) is 9.50 Å². The van der Waals surface area contributed by atoms with Crippen molar-refractivity contribution in [3.8, 4) is 11.5 Å². The van der Waals surface area contributed by atoms with Crippen LogP contribution in [0.4, 0.5) is 0 Å². The predicted octanol–water partition coefficient (Wildman–Crippen LogP) is 1.34. The highest BCUT2D eigenvalue weighted by Gasteiger charge is 2.33. The molecule has 0 unspecified atom stereocenters. The number of thioether (sulfide) groups is 1. The van der Waals surface area contributed by atoms with E-state index in [1.54, 1.807) is 20.4 Å². The number of ether oxygens (including phenoxy) is 2. The van der Waals surface area contributed by atoms with Crippen LogP contribution < -0.4 is 9.47 Å². The number of amides is 2. The van der Waals surface area contributed by atoms with E-state index >= 15 is 0 Å². The molecule has 1 saturated heterocycles. The third-order valence-corrected chi connectivity index (χ3v) is 6.47. The minimum atomic E-state index is -0.667. The molecule has 2 aliphatic rings. The molecule has 2 aromatic heterocycles. The standard InChI is InChI=1S/C22H24N6O4S/c1-14-11-15(2)28-21(23-14)24-22(25-28)33-13-19(29)26-7-9-27(10-8-26)20(30)18-12-31-16-5-3-4-6-17(16)32-18/h3-6,11,18H,7-10,12-13H2,1-2H3/t18-/m0/s1. The molecule has 0 saturated carbocycles. The Labute approximate surface area is 194 Å². The Balaban J connectivity index is 1.12. The van der Waals surface area contributed by atoms with Gasteiger partial charge in [0.05, 0.1) is 5.75 Å². The fraction of sp³-hybridized carbons (Fsp3) is 0.409. The highest BCUT2D eigenvalue weighted by Crippen LogP contribution is 2.31. The summed E-state index contributed by atoms with van der Waals surface area (Å²) in [5, 5.41) is 4.95. The van der Waals surface area contributed by atoms with Gasteiger partial charge in [0, 0.05) is 37.6 Å². The van der Waals surface area contributed by atoms with Crippen molar-refractivity contribution in [1.29, 1.82) is 0 Å². The van der Waals surface area contributed by atoms with Crippen LogP contribution in [-0.4, -0.2) is 85.8 Å². The molecule has 5 rings (SSSR count). The lowest BCUT2D eigenvalue weighted by Crippen LogP contribution is -2.55. The fourth-order valence-electron chi connectivity index (χ4n) is 3.95. The van der Waals surface area contributed by atoms with E-state index in [0.717, 1.165) is 11.4 Å². The van der Waals surface area contributed by atoms with Crippen molar-refractivity contribution in [2.24, 2.45) is 0 Å². The van der Waals surface area contributed by atoms with Crippen molar-refractivity contribution in [3.63, 3.8) is 0 Å². The number of hydrogen-bond donors (Lipinski definition) is 0. The van der Waals surface area contributed by atoms with Crippen molar-refractivity contribution in [1.82, 2.24) is 29.4 Å². The summed E-state index contributed by atoms with van der Waals surface area (Å²) in [6.07, 6.45) is -0.667. The van der Waals surface area contributed by atoms with Gasteiger partial charge in [-0.15, -0.1) is 5.10 Å². The molecule has 3 aromatic rings. The third-order valence-electron chi connectivity index (χ3n) is 5.65. The minimum absolute atomic E-state index is 0.00186. The lowest BCUT2D eigenvalue weighted by atomic mass is 10.2. The van der Waals surface area contributed by atoms with E-state index in [4.69, 9.17) is 9.47 Å². The summed E-state index contributed by atoms with van der Waals surface area (Å²) in [6, 6.07) is 9.25. The summed E-state index contributed by atoms with van der Waals surface area (Å²) in [5.41, 5.74) is 1.82. The normalized spacial score (nSPS) is 17.9. The van der Waals surface area contributed by atoms with Gasteiger partial charge < -0.3 is 19.3 Å². The highest BCUT2D eigenvalue weighted by molar-refractivity contribution is 7.99. The molecular weight excluding hydrogens is 444 g/mol. The largest absolute Gasteiger partial charge is 0.485 e. The van der Waals surface area contributed by atoms with Crippen LogP contribution in [0.1, 0.15) is 11.4 Å². The van der Waals surface area contributed by atoms with E-state index in [1.165, 1.54) is 11.8 Å². The third kappa shape index (κ3) is 4.45. The first-order valence-corrected chi connectivity index (χ1v) is 11.8. The van der Waals surface area contributed by atoms with E-state index in [1.807, 2.05) is 38.1 Å². The predicted molar refractivity (Wildman–Crippen MR) is 120 cm³/mol. The number of carbonyl (C=O) groups excluding carboxylic acids is 2. The van der Waals surface area contributed by atoms with Crippen LogP contribution in [0.3, 0.4) is 0 Å². The van der Waals surface area contributed by atoms with Crippen molar-refractivity contribution in [2.45, 2.75) is 25.1 Å². The number of para-hydroxylation sites is 2. The molecule has 1 atom stereocenters. The van der Waals surface area contributed by atoms with Crippen LogP contribution in [0.25, 0.3) is 5.78 Å². The number of aromatic nitrogens is 4. The number of hydrogen-bond acceptors (Lipinski definition) is 8. The molecular formula is C22H24N6O4S. The van der Waals surface area contributed by atoms with Gasteiger partial charge in [-0.3, -0.25) is 9.59 Å². The Kier molecular flexibility index (Phi) is 5.79. The van der Waals surface area contributed by atoms with E-state index in [9.17, 15) is 9.59 Å². The van der Waals surface area contributed by atoms with E-state index in [0.29, 0.717) is 48.6 Å². The quantitative estimate of drug-likeness (QED) is 0.529. The zero-order valence-corrected chi connectivity index (χ0v) is 19.2. The second-order valence-electron chi connectivity index (χ2n) is 8.00. The van der Waals surface area contributed by atoms with Gasteiger partial charge in [0.15, 0.2) is 11.5 Å². The number of aryl methyl sites for hydroxylation is 2. The second kappa shape index (κ2) is 8.89. The maximum Gasteiger partial charge on any atom is 0.267 e. The summed E-state index contributed by atoms with van der Waals surface area (Å²) in [4.78, 5) is 37.9. The molecule has 10 nitrogen and oxygen atoms in total. The Hall–Kier alpha value is -3.34. The lowest BCUT2D eigenvalue weighted by Gasteiger charge is -2.37. The zero-order valence-electron chi connectivity index (χ0n) is 18.4. The summed E-state index contributed by atoms with van der Waals surface area (Å²) >= 11 is 1.29. The molecule has 0 bridgehead atoms. The van der Waals surface area contributed by atoms with Gasteiger partial charge in [-0.1, -0.05) is 23.9 Å². The first kappa shape index (κ1) is 21.5. The monoisotopic (exact) mass is 468 g/mol. The van der Waals surface area contributed by atoms with Gasteiger partial charge in [0.1, 0.15) is 6.61 Å². The maximum atomic E-state index is 12.9. The molecule has 2 amide bonds. The van der Waals surface area contributed by atoms with Crippen LogP contribution in [0.5, 0.6) is 11.5 Å². The molecule has 0 aliphatic carbocycles. The molecule has 0 spiro atoms. The summed E-state index contributed by atoms with van der Waals surface area (Å²) in [6.45, 7) is 5.93. The second-order valence-corrected chi connectivity index (χ2v) is 8.95. The number of nitrogens with zero attached hydrogens (tertiary/aromatic N) is 6. The number of fused-ring (bicyclic) bond motifs is 2. The van der Waals surface area contributed by atoms with Crippen molar-refractivity contribution in [2.75, 3.05) is 38.5 Å². The molecule has 2 aliphatic heterocycles. The molecule has 1 aromatic carbocycles. The smallest absolute Gasteiger partial charge is 0.267 e. The topological polar surface area (TPSA) is 102 Å². The number of rotatable bonds is 4. The molecule has 1 fully saturated rings. The first-order chi connectivity index (χ1) is 16.0. The minimum Gasteiger partial charge on any atom is -0.485 e. The van der Waals surface area contributed by atoms with Crippen LogP contribution in [0.2, 0.25) is 0 Å². The van der Waals surface area contributed by atoms with E-state index in [-0.39, 0.29) is 24.2 Å². The highest BCUT2D eigenvalue weighted by atomic mass is 32.2. The molecule has 11 heteroatoms. The van der Waals surface area contributed by atoms with Crippen LogP contribution in [-0.2, 0) is 9.59 Å². The van der Waals surface area contributed by atoms with Crippen LogP contribution in [0, 0.1) is 13.8 Å². The molecule has 172 valence electrons. The Morgan fingerprint density at radius 2 is 1.79 bits per heavy atom. The Bertz CT molecular complexity index is 1210. The van der Waals surface area contributed by atoms with Crippen LogP contribution in [0.15, 0.2) is 35.5 Å². The van der Waals surface area contributed by atoms with E-state index in [2.05, 4.69) is 15.1 Å². The first-order valence-electron chi connectivity index (χ1n) is 10.8. The van der Waals surface area contributed by atoms with Crippen molar-refractivity contribution >= 4 is 29.4 Å². The number of benzene rings is 1. The summed E-state index contributed by atoms with van der Waals surface area (Å²) in [7, 11) is 0. The summed E-state index contributed by atoms with van der Waals surface area (Å²) in [5.74, 6) is 1.88. The zero-order chi connectivity index (χ0) is 22.9. The van der Waals surface area contributed by atoms with Crippen molar-refractivity contribution in [3.05, 3.63) is 41.7 Å².